The van der Waals surface area contributed by atoms with Crippen LogP contribution in [0, 0.1) is 0 Å². The van der Waals surface area contributed by atoms with Crippen LogP contribution in [0.5, 0.6) is 0 Å². The molecule has 2 nitrogen and oxygen atoms in total. The molecular weight excluding hydrogens is 252 g/mol. The molecule has 2 saturated heterocycles. The fourth-order valence-corrected chi connectivity index (χ4v) is 4.01. The largest absolute Gasteiger partial charge is 0.309 e. The van der Waals surface area contributed by atoms with E-state index in [0.717, 1.165) is 16.9 Å². The van der Waals surface area contributed by atoms with E-state index >= 15 is 0 Å². The van der Waals surface area contributed by atoms with Crippen LogP contribution >= 0.6 is 15.9 Å². The fourth-order valence-electron chi connectivity index (χ4n) is 3.14. The highest BCUT2D eigenvalue weighted by Gasteiger charge is 2.39. The van der Waals surface area contributed by atoms with Gasteiger partial charge >= 0.3 is 0 Å². The highest BCUT2D eigenvalue weighted by Crippen LogP contribution is 2.38. The van der Waals surface area contributed by atoms with Gasteiger partial charge in [0.1, 0.15) is 0 Å². The van der Waals surface area contributed by atoms with Crippen molar-refractivity contribution in [2.24, 2.45) is 0 Å². The topological polar surface area (TPSA) is 6.48 Å². The van der Waals surface area contributed by atoms with E-state index in [1.54, 1.807) is 0 Å². The van der Waals surface area contributed by atoms with Gasteiger partial charge in [0.25, 0.3) is 0 Å². The zero-order chi connectivity index (χ0) is 10.8. The molecular formula is C12H23BrN2. The molecule has 0 aromatic carbocycles. The number of nitrogens with zero attached hydrogens (tertiary/aromatic N) is 2. The van der Waals surface area contributed by atoms with Gasteiger partial charge in [0.05, 0.1) is 0 Å². The number of piperidine rings is 1. The number of halogens is 1. The van der Waals surface area contributed by atoms with Crippen LogP contribution in [0.15, 0.2) is 0 Å². The molecule has 2 bridgehead atoms. The number of hydrogen-bond acceptors (Lipinski definition) is 2. The molecule has 2 heterocycles. The molecule has 0 radical (unpaired) electrons. The fraction of sp³-hybridized carbons (Fsp3) is 1.00. The van der Waals surface area contributed by atoms with Crippen molar-refractivity contribution in [3.05, 3.63) is 0 Å². The summed E-state index contributed by atoms with van der Waals surface area (Å²) in [5, 5.41) is 0. The van der Waals surface area contributed by atoms with E-state index in [4.69, 9.17) is 0 Å². The number of fused-ring (bicyclic) bond motifs is 2. The molecule has 0 aromatic rings. The van der Waals surface area contributed by atoms with E-state index in [0.29, 0.717) is 0 Å². The van der Waals surface area contributed by atoms with Gasteiger partial charge in [0.2, 0.25) is 0 Å². The highest BCUT2D eigenvalue weighted by atomic mass is 79.9. The molecule has 0 aliphatic carbocycles. The van der Waals surface area contributed by atoms with E-state index in [1.165, 1.54) is 45.2 Å². The van der Waals surface area contributed by atoms with Crippen LogP contribution in [0.25, 0.3) is 0 Å². The molecule has 2 unspecified atom stereocenters. The summed E-state index contributed by atoms with van der Waals surface area (Å²) in [5.41, 5.74) is 0. The van der Waals surface area contributed by atoms with Crippen LogP contribution in [0.1, 0.15) is 32.1 Å². The Morgan fingerprint density at radius 3 is 2.33 bits per heavy atom. The van der Waals surface area contributed by atoms with Crippen LogP contribution < -0.4 is 0 Å². The lowest BCUT2D eigenvalue weighted by molar-refractivity contribution is 0.139. The summed E-state index contributed by atoms with van der Waals surface area (Å²) in [7, 11) is 4.33. The molecule has 2 rings (SSSR count). The Kier molecular flexibility index (Phi) is 4.08. The second-order valence-corrected chi connectivity index (χ2v) is 6.64. The second-order valence-electron chi connectivity index (χ2n) is 5.35. The summed E-state index contributed by atoms with van der Waals surface area (Å²) >= 11 is 3.79. The average Bonchev–Trinajstić information content (AvgIpc) is 2.42. The minimum absolute atomic E-state index is 0.792. The molecule has 2 fully saturated rings. The summed E-state index contributed by atoms with van der Waals surface area (Å²) < 4.78 is 0. The Balaban J connectivity index is 1.78. The quantitative estimate of drug-likeness (QED) is 0.727. The van der Waals surface area contributed by atoms with E-state index in [-0.39, 0.29) is 0 Å². The Labute approximate surface area is 102 Å². The molecule has 0 amide bonds. The Morgan fingerprint density at radius 1 is 1.20 bits per heavy atom. The highest BCUT2D eigenvalue weighted by molar-refractivity contribution is 9.09. The van der Waals surface area contributed by atoms with E-state index in [1.807, 2.05) is 0 Å². The van der Waals surface area contributed by atoms with Crippen LogP contribution in [0.4, 0.5) is 0 Å². The lowest BCUT2D eigenvalue weighted by Crippen LogP contribution is -2.44. The summed E-state index contributed by atoms with van der Waals surface area (Å²) in [6.07, 6.45) is 6.95. The van der Waals surface area contributed by atoms with Gasteiger partial charge in [-0.1, -0.05) is 15.9 Å². The van der Waals surface area contributed by atoms with Crippen LogP contribution in [0.3, 0.4) is 0 Å². The Bertz CT molecular complexity index is 194. The standard InChI is InChI=1S/C12H23BrN2/c1-14(2)6-3-7-15-11-4-5-12(15)9-10(13)8-11/h10-12H,3-9H2,1-2H3. The van der Waals surface area contributed by atoms with Crippen molar-refractivity contribution in [3.63, 3.8) is 0 Å². The minimum atomic E-state index is 0.792. The third-order valence-electron chi connectivity index (χ3n) is 3.85. The maximum atomic E-state index is 3.79. The molecule has 0 aromatic heterocycles. The number of alkyl halides is 1. The maximum Gasteiger partial charge on any atom is 0.0175 e. The van der Waals surface area contributed by atoms with E-state index in [9.17, 15) is 0 Å². The van der Waals surface area contributed by atoms with Gasteiger partial charge in [0.15, 0.2) is 0 Å². The van der Waals surface area contributed by atoms with Crippen molar-refractivity contribution in [1.82, 2.24) is 9.80 Å². The molecule has 2 atom stereocenters. The molecule has 15 heavy (non-hydrogen) atoms. The predicted octanol–water partition coefficient (Wildman–Crippen LogP) is 2.33. The summed E-state index contributed by atoms with van der Waals surface area (Å²) in [5.74, 6) is 0. The van der Waals surface area contributed by atoms with Gasteiger partial charge in [-0.2, -0.15) is 0 Å². The van der Waals surface area contributed by atoms with Crippen molar-refractivity contribution >= 4 is 15.9 Å². The first-order valence-corrected chi connectivity index (χ1v) is 7.13. The zero-order valence-electron chi connectivity index (χ0n) is 9.95. The summed E-state index contributed by atoms with van der Waals surface area (Å²) in [4.78, 5) is 5.86. The normalized spacial score (nSPS) is 36.4. The van der Waals surface area contributed by atoms with Gasteiger partial charge in [-0.05, 0) is 59.3 Å². The maximum absolute atomic E-state index is 3.79. The van der Waals surface area contributed by atoms with E-state index in [2.05, 4.69) is 39.8 Å². The third kappa shape index (κ3) is 2.95. The van der Waals surface area contributed by atoms with Gasteiger partial charge in [-0.3, -0.25) is 4.90 Å². The average molecular weight is 275 g/mol. The number of hydrogen-bond donors (Lipinski definition) is 0. The van der Waals surface area contributed by atoms with Crippen molar-refractivity contribution < 1.29 is 0 Å². The van der Waals surface area contributed by atoms with Gasteiger partial charge < -0.3 is 4.90 Å². The molecule has 88 valence electrons. The second kappa shape index (κ2) is 5.15. The number of rotatable bonds is 4. The summed E-state index contributed by atoms with van der Waals surface area (Å²) in [6, 6.07) is 1.77. The van der Waals surface area contributed by atoms with Gasteiger partial charge in [-0.25, -0.2) is 0 Å². The molecule has 0 spiro atoms. The lowest BCUT2D eigenvalue weighted by atomic mass is 10.0. The van der Waals surface area contributed by atoms with Gasteiger partial charge in [-0.15, -0.1) is 0 Å². The van der Waals surface area contributed by atoms with Crippen LogP contribution in [0.2, 0.25) is 0 Å². The van der Waals surface area contributed by atoms with Crippen molar-refractivity contribution in [1.29, 1.82) is 0 Å². The third-order valence-corrected chi connectivity index (χ3v) is 4.60. The van der Waals surface area contributed by atoms with Crippen molar-refractivity contribution in [2.75, 3.05) is 27.2 Å². The molecule has 3 heteroatoms. The first-order valence-electron chi connectivity index (χ1n) is 6.21. The zero-order valence-corrected chi connectivity index (χ0v) is 11.5. The van der Waals surface area contributed by atoms with Crippen molar-refractivity contribution in [3.8, 4) is 0 Å². The minimum Gasteiger partial charge on any atom is -0.309 e. The molecule has 2 aliphatic heterocycles. The monoisotopic (exact) mass is 274 g/mol. The van der Waals surface area contributed by atoms with Crippen LogP contribution in [-0.2, 0) is 0 Å². The SMILES string of the molecule is CN(C)CCCN1C2CCC1CC(Br)C2. The van der Waals surface area contributed by atoms with Crippen LogP contribution in [-0.4, -0.2) is 53.9 Å². The van der Waals surface area contributed by atoms with Gasteiger partial charge in [0, 0.05) is 16.9 Å². The smallest absolute Gasteiger partial charge is 0.0175 e. The molecule has 2 aliphatic rings. The Morgan fingerprint density at radius 2 is 1.80 bits per heavy atom. The summed E-state index contributed by atoms with van der Waals surface area (Å²) in [6.45, 7) is 2.54. The molecule has 0 N–H and O–H groups in total. The molecule has 0 saturated carbocycles. The van der Waals surface area contributed by atoms with E-state index < -0.39 is 0 Å². The lowest BCUT2D eigenvalue weighted by Gasteiger charge is -2.37. The predicted molar refractivity (Wildman–Crippen MR) is 68.6 cm³/mol. The van der Waals surface area contributed by atoms with Crippen molar-refractivity contribution in [2.45, 2.75) is 49.0 Å². The first kappa shape index (κ1) is 11.9. The Hall–Kier alpha value is 0.400. The first-order chi connectivity index (χ1) is 7.16.